The maximum absolute atomic E-state index is 9.17. The zero-order valence-electron chi connectivity index (χ0n) is 9.40. The van der Waals surface area contributed by atoms with Gasteiger partial charge in [-0.3, -0.25) is 0 Å². The summed E-state index contributed by atoms with van der Waals surface area (Å²) in [5, 5.41) is 12.4. The third-order valence-electron chi connectivity index (χ3n) is 2.30. The predicted molar refractivity (Wildman–Crippen MR) is 60.1 cm³/mol. The van der Waals surface area contributed by atoms with Crippen LogP contribution in [-0.4, -0.2) is 29.8 Å². The molecule has 0 bridgehead atoms. The molecule has 2 N–H and O–H groups in total. The van der Waals surface area contributed by atoms with Crippen molar-refractivity contribution in [3.05, 3.63) is 18.3 Å². The predicted octanol–water partition coefficient (Wildman–Crippen LogP) is 1.52. The maximum atomic E-state index is 9.17. The lowest BCUT2D eigenvalue weighted by Gasteiger charge is -2.21. The van der Waals surface area contributed by atoms with E-state index < -0.39 is 0 Å². The summed E-state index contributed by atoms with van der Waals surface area (Å²) in [6.45, 7) is 4.24. The fraction of sp³-hybridized carbons (Fsp3) is 0.545. The molecule has 1 unspecified atom stereocenters. The van der Waals surface area contributed by atoms with Gasteiger partial charge in [0.2, 0.25) is 5.88 Å². The summed E-state index contributed by atoms with van der Waals surface area (Å²) < 4.78 is 5.02. The number of nitrogens with zero attached hydrogens (tertiary/aromatic N) is 1. The first-order valence-corrected chi connectivity index (χ1v) is 5.04. The lowest BCUT2D eigenvalue weighted by atomic mass is 10.1. The van der Waals surface area contributed by atoms with Crippen LogP contribution < -0.4 is 10.1 Å². The van der Waals surface area contributed by atoms with Crippen LogP contribution in [0.15, 0.2) is 18.3 Å². The number of aliphatic hydroxyl groups is 1. The molecule has 4 nitrogen and oxygen atoms in total. The average molecular weight is 210 g/mol. The molecule has 1 rings (SSSR count). The average Bonchev–Trinajstić information content (AvgIpc) is 2.25. The van der Waals surface area contributed by atoms with Crippen molar-refractivity contribution in [2.75, 3.05) is 19.0 Å². The Hall–Kier alpha value is -1.29. The number of pyridine rings is 1. The standard InChI is InChI=1S/C11H18N2O2/c1-8(2)10(7-14)13-9-4-5-12-11(6-9)15-3/h4-6,8,10,14H,7H2,1-3H3,(H,12,13). The summed E-state index contributed by atoms with van der Waals surface area (Å²) in [7, 11) is 1.58. The first kappa shape index (κ1) is 11.8. The minimum Gasteiger partial charge on any atom is -0.481 e. The van der Waals surface area contributed by atoms with Crippen LogP contribution in [0.4, 0.5) is 5.69 Å². The van der Waals surface area contributed by atoms with E-state index in [1.54, 1.807) is 13.3 Å². The summed E-state index contributed by atoms with van der Waals surface area (Å²) in [4.78, 5) is 4.01. The third-order valence-corrected chi connectivity index (χ3v) is 2.30. The Labute approximate surface area is 90.3 Å². The number of hydrogen-bond acceptors (Lipinski definition) is 4. The number of aliphatic hydroxyl groups excluding tert-OH is 1. The molecular weight excluding hydrogens is 192 g/mol. The summed E-state index contributed by atoms with van der Waals surface area (Å²) in [5.41, 5.74) is 0.912. The Kier molecular flexibility index (Phi) is 4.37. The molecule has 0 aliphatic heterocycles. The van der Waals surface area contributed by atoms with E-state index in [4.69, 9.17) is 4.74 Å². The number of aromatic nitrogens is 1. The van der Waals surface area contributed by atoms with Gasteiger partial charge in [0.15, 0.2) is 0 Å². The first-order valence-electron chi connectivity index (χ1n) is 5.04. The summed E-state index contributed by atoms with van der Waals surface area (Å²) in [5.74, 6) is 0.939. The van der Waals surface area contributed by atoms with Gasteiger partial charge in [0.1, 0.15) is 0 Å². The monoisotopic (exact) mass is 210 g/mol. The van der Waals surface area contributed by atoms with Crippen molar-refractivity contribution in [1.82, 2.24) is 4.98 Å². The van der Waals surface area contributed by atoms with Crippen molar-refractivity contribution in [3.8, 4) is 5.88 Å². The van der Waals surface area contributed by atoms with Gasteiger partial charge in [-0.05, 0) is 12.0 Å². The molecule has 0 aliphatic rings. The van der Waals surface area contributed by atoms with Crippen molar-refractivity contribution >= 4 is 5.69 Å². The minimum atomic E-state index is 0.0529. The van der Waals surface area contributed by atoms with Crippen LogP contribution in [0.2, 0.25) is 0 Å². The van der Waals surface area contributed by atoms with E-state index in [0.717, 1.165) is 5.69 Å². The number of ether oxygens (including phenoxy) is 1. The highest BCUT2D eigenvalue weighted by atomic mass is 16.5. The van der Waals surface area contributed by atoms with Crippen LogP contribution in [0, 0.1) is 5.92 Å². The molecule has 0 amide bonds. The smallest absolute Gasteiger partial charge is 0.214 e. The first-order chi connectivity index (χ1) is 7.17. The molecule has 84 valence electrons. The number of anilines is 1. The Bertz CT molecular complexity index is 302. The van der Waals surface area contributed by atoms with E-state index in [2.05, 4.69) is 24.1 Å². The van der Waals surface area contributed by atoms with Gasteiger partial charge < -0.3 is 15.2 Å². The summed E-state index contributed by atoms with van der Waals surface area (Å²) in [6.07, 6.45) is 1.68. The van der Waals surface area contributed by atoms with Crippen molar-refractivity contribution in [2.24, 2.45) is 5.92 Å². The molecule has 1 aromatic rings. The van der Waals surface area contributed by atoms with Crippen LogP contribution in [0.1, 0.15) is 13.8 Å². The number of hydrogen-bond donors (Lipinski definition) is 2. The topological polar surface area (TPSA) is 54.4 Å². The molecule has 0 radical (unpaired) electrons. The van der Waals surface area contributed by atoms with Gasteiger partial charge in [0.25, 0.3) is 0 Å². The number of nitrogens with one attached hydrogen (secondary N) is 1. The molecule has 0 saturated heterocycles. The molecule has 0 saturated carbocycles. The van der Waals surface area contributed by atoms with Crippen LogP contribution >= 0.6 is 0 Å². The van der Waals surface area contributed by atoms with E-state index in [0.29, 0.717) is 11.8 Å². The fourth-order valence-electron chi connectivity index (χ4n) is 1.25. The third kappa shape index (κ3) is 3.40. The molecule has 0 aromatic carbocycles. The van der Waals surface area contributed by atoms with E-state index in [1.807, 2.05) is 12.1 Å². The number of methoxy groups -OCH3 is 1. The zero-order valence-corrected chi connectivity index (χ0v) is 9.40. The molecule has 15 heavy (non-hydrogen) atoms. The van der Waals surface area contributed by atoms with Crippen molar-refractivity contribution in [2.45, 2.75) is 19.9 Å². The molecule has 4 heteroatoms. The Morgan fingerprint density at radius 1 is 1.53 bits per heavy atom. The Balaban J connectivity index is 2.70. The van der Waals surface area contributed by atoms with E-state index in [1.165, 1.54) is 0 Å². The van der Waals surface area contributed by atoms with Gasteiger partial charge in [-0.25, -0.2) is 4.98 Å². The van der Waals surface area contributed by atoms with Gasteiger partial charge in [-0.1, -0.05) is 13.8 Å². The highest BCUT2D eigenvalue weighted by Crippen LogP contribution is 2.16. The van der Waals surface area contributed by atoms with Gasteiger partial charge in [0.05, 0.1) is 19.8 Å². The molecule has 1 heterocycles. The Morgan fingerprint density at radius 3 is 2.80 bits per heavy atom. The van der Waals surface area contributed by atoms with Crippen molar-refractivity contribution < 1.29 is 9.84 Å². The van der Waals surface area contributed by atoms with Crippen molar-refractivity contribution in [1.29, 1.82) is 0 Å². The second-order valence-electron chi connectivity index (χ2n) is 3.76. The second-order valence-corrected chi connectivity index (χ2v) is 3.76. The van der Waals surface area contributed by atoms with Gasteiger partial charge in [-0.2, -0.15) is 0 Å². The summed E-state index contributed by atoms with van der Waals surface area (Å²) in [6, 6.07) is 3.72. The maximum Gasteiger partial charge on any atom is 0.214 e. The molecule has 1 aromatic heterocycles. The van der Waals surface area contributed by atoms with Crippen LogP contribution in [0.3, 0.4) is 0 Å². The van der Waals surface area contributed by atoms with E-state index in [-0.39, 0.29) is 12.6 Å². The molecule has 0 fully saturated rings. The van der Waals surface area contributed by atoms with E-state index in [9.17, 15) is 5.11 Å². The normalized spacial score (nSPS) is 12.6. The van der Waals surface area contributed by atoms with Gasteiger partial charge in [0, 0.05) is 18.0 Å². The van der Waals surface area contributed by atoms with Gasteiger partial charge in [-0.15, -0.1) is 0 Å². The van der Waals surface area contributed by atoms with Crippen molar-refractivity contribution in [3.63, 3.8) is 0 Å². The Morgan fingerprint density at radius 2 is 2.27 bits per heavy atom. The zero-order chi connectivity index (χ0) is 11.3. The summed E-state index contributed by atoms with van der Waals surface area (Å²) >= 11 is 0. The molecule has 0 aliphatic carbocycles. The highest BCUT2D eigenvalue weighted by molar-refractivity contribution is 5.45. The number of rotatable bonds is 5. The van der Waals surface area contributed by atoms with Crippen LogP contribution in [-0.2, 0) is 0 Å². The van der Waals surface area contributed by atoms with E-state index >= 15 is 0 Å². The molecular formula is C11H18N2O2. The molecule has 0 spiro atoms. The SMILES string of the molecule is COc1cc(NC(CO)C(C)C)ccn1. The van der Waals surface area contributed by atoms with Crippen LogP contribution in [0.25, 0.3) is 0 Å². The highest BCUT2D eigenvalue weighted by Gasteiger charge is 2.11. The lowest BCUT2D eigenvalue weighted by molar-refractivity contribution is 0.249. The van der Waals surface area contributed by atoms with Crippen LogP contribution in [0.5, 0.6) is 5.88 Å². The minimum absolute atomic E-state index is 0.0529. The molecule has 1 atom stereocenters. The fourth-order valence-corrected chi connectivity index (χ4v) is 1.25. The largest absolute Gasteiger partial charge is 0.481 e. The van der Waals surface area contributed by atoms with Gasteiger partial charge >= 0.3 is 0 Å². The second kappa shape index (κ2) is 5.56. The quantitative estimate of drug-likeness (QED) is 0.773. The lowest BCUT2D eigenvalue weighted by Crippen LogP contribution is -2.29.